The van der Waals surface area contributed by atoms with Crippen LogP contribution in [-0.4, -0.2) is 17.4 Å². The van der Waals surface area contributed by atoms with E-state index in [2.05, 4.69) is 0 Å². The van der Waals surface area contributed by atoms with Gasteiger partial charge in [-0.05, 0) is 0 Å². The second-order valence-electron chi connectivity index (χ2n) is 0. The van der Waals surface area contributed by atoms with E-state index in [0.717, 1.165) is 0 Å². The van der Waals surface area contributed by atoms with Crippen molar-refractivity contribution >= 4 is 27.3 Å². The van der Waals surface area contributed by atoms with E-state index in [1.165, 1.54) is 0 Å². The fourth-order valence-electron chi connectivity index (χ4n) is 0. The summed E-state index contributed by atoms with van der Waals surface area (Å²) in [7, 11) is 0. The molecule has 1 atom stereocenters. The predicted octanol–water partition coefficient (Wildman–Crippen LogP) is -1.13. The smallest absolute Gasteiger partial charge is 0.153 e. The fraction of sp³-hybridized carbons (Fsp3) is 0. The summed E-state index contributed by atoms with van der Waals surface area (Å²) in [4.78, 5) is 0. The van der Waals surface area contributed by atoms with Gasteiger partial charge in [-0.2, -0.15) is 9.90 Å². The van der Waals surface area contributed by atoms with Crippen molar-refractivity contribution in [3.05, 3.63) is 0 Å². The quantitative estimate of drug-likeness (QED) is 0.323. The zero-order chi connectivity index (χ0) is 0. The average Bonchev–Trinajstić information content (AvgIpc) is 0. The van der Waals surface area contributed by atoms with Crippen molar-refractivity contribution in [2.75, 3.05) is 0 Å². The zero-order valence-electron chi connectivity index (χ0n) is 1.51. The van der Waals surface area contributed by atoms with Crippen LogP contribution in [0.5, 0.6) is 0 Å². The number of rotatable bonds is 0. The second kappa shape index (κ2) is 19.0. The third-order valence-electron chi connectivity index (χ3n) is 0. The van der Waals surface area contributed by atoms with Crippen LogP contribution >= 0.6 is 9.90 Å². The summed E-state index contributed by atoms with van der Waals surface area (Å²) in [6, 6.07) is 0. The van der Waals surface area contributed by atoms with Crippen molar-refractivity contribution < 1.29 is 38.8 Å². The summed E-state index contributed by atoms with van der Waals surface area (Å²) < 4.78 is 0. The van der Waals surface area contributed by atoms with E-state index in [9.17, 15) is 0 Å². The molecule has 4 heavy (non-hydrogen) atoms. The van der Waals surface area contributed by atoms with Crippen LogP contribution in [0, 0.1) is 0 Å². The molecule has 0 saturated carbocycles. The Hall–Kier alpha value is 2.20. The zero-order valence-corrected chi connectivity index (χ0v) is 5.43. The molecule has 0 saturated heterocycles. The van der Waals surface area contributed by atoms with Gasteiger partial charge in [0.2, 0.25) is 0 Å². The van der Waals surface area contributed by atoms with E-state index in [0.29, 0.717) is 0 Å². The van der Waals surface area contributed by atoms with Crippen LogP contribution in [0.4, 0.5) is 0 Å². The summed E-state index contributed by atoms with van der Waals surface area (Å²) in [6.07, 6.45) is 0. The van der Waals surface area contributed by atoms with Crippen LogP contribution in [-0.2, 0) is 38.8 Å². The Morgan fingerprint density at radius 1 is 1.00 bits per heavy atom. The standard InChI is InChI=1S/Al.Cu.H3P.Ti.3H/h;;1H3;;;;. The Morgan fingerprint density at radius 2 is 1.00 bits per heavy atom. The van der Waals surface area contributed by atoms with Gasteiger partial charge in [0.05, 0.1) is 0 Å². The minimum Gasteiger partial charge on any atom is -0.153 e. The molecule has 0 aliphatic heterocycles. The van der Waals surface area contributed by atoms with Crippen molar-refractivity contribution in [3.8, 4) is 0 Å². The first-order valence-corrected chi connectivity index (χ1v) is 0. The molecule has 0 aromatic carbocycles. The van der Waals surface area contributed by atoms with E-state index in [1.807, 2.05) is 0 Å². The van der Waals surface area contributed by atoms with Crippen LogP contribution in [0.3, 0.4) is 0 Å². The molecular formula is H6AlCuPTi. The SMILES string of the molecule is P.[AlH3].[Cu].[Ti]. The molecule has 0 rings (SSSR count). The van der Waals surface area contributed by atoms with Crippen LogP contribution in [0.2, 0.25) is 0 Å². The third kappa shape index (κ3) is 8.89. The van der Waals surface area contributed by atoms with Crippen LogP contribution in [0.1, 0.15) is 0 Å². The second-order valence-corrected chi connectivity index (χ2v) is 0. The molecule has 0 aromatic rings. The molecule has 0 bridgehead atoms. The van der Waals surface area contributed by atoms with E-state index < -0.39 is 0 Å². The van der Waals surface area contributed by atoms with E-state index >= 15 is 0 Å². The van der Waals surface area contributed by atoms with Crippen molar-refractivity contribution in [2.45, 2.75) is 0 Å². The molecule has 0 fully saturated rings. The molecule has 0 aliphatic rings. The van der Waals surface area contributed by atoms with Gasteiger partial charge in [-0.25, -0.2) is 0 Å². The van der Waals surface area contributed by atoms with Crippen molar-refractivity contribution in [2.24, 2.45) is 0 Å². The molecule has 0 N–H and O–H groups in total. The molecule has 0 nitrogen and oxygen atoms in total. The molecule has 29 valence electrons. The maximum Gasteiger partial charge on any atom is 0.187 e. The molecule has 4 heteroatoms. The monoisotopic (exact) mass is 175 g/mol. The molecule has 0 aromatic heterocycles. The molecular weight excluding hydrogens is 169 g/mol. The Kier molecular flexibility index (Phi) is 164. The first-order chi connectivity index (χ1) is 0. The molecule has 0 aliphatic carbocycles. The van der Waals surface area contributed by atoms with Crippen LogP contribution < -0.4 is 0 Å². The number of hydrogen-bond acceptors (Lipinski definition) is 0. The van der Waals surface area contributed by atoms with Gasteiger partial charge >= 0.3 is 0 Å². The third-order valence-corrected chi connectivity index (χ3v) is 0. The Labute approximate surface area is 65.6 Å². The minimum atomic E-state index is 0. The van der Waals surface area contributed by atoms with Gasteiger partial charge in [-0.1, -0.05) is 0 Å². The predicted molar refractivity (Wildman–Crippen MR) is 21.0 cm³/mol. The van der Waals surface area contributed by atoms with Gasteiger partial charge in [0.1, 0.15) is 0 Å². The molecule has 1 radical (unpaired) electrons. The maximum absolute atomic E-state index is 0. The van der Waals surface area contributed by atoms with E-state index in [-0.39, 0.29) is 66.0 Å². The Balaban J connectivity index is 0. The van der Waals surface area contributed by atoms with Crippen molar-refractivity contribution in [1.82, 2.24) is 0 Å². The molecule has 0 amide bonds. The summed E-state index contributed by atoms with van der Waals surface area (Å²) in [5.41, 5.74) is 0. The van der Waals surface area contributed by atoms with Gasteiger partial charge in [0.25, 0.3) is 0 Å². The maximum atomic E-state index is 0. The van der Waals surface area contributed by atoms with Gasteiger partial charge < -0.3 is 0 Å². The normalized spacial score (nSPS) is 0. The fourth-order valence-corrected chi connectivity index (χ4v) is 0. The van der Waals surface area contributed by atoms with Crippen LogP contribution in [0.15, 0.2) is 0 Å². The van der Waals surface area contributed by atoms with E-state index in [1.54, 1.807) is 0 Å². The first kappa shape index (κ1) is 34.7. The van der Waals surface area contributed by atoms with Gasteiger partial charge in [-0.3, -0.25) is 0 Å². The van der Waals surface area contributed by atoms with Crippen LogP contribution in [0.25, 0.3) is 0 Å². The Bertz CT molecular complexity index is 8.00. The summed E-state index contributed by atoms with van der Waals surface area (Å²) in [5.74, 6) is 0. The largest absolute Gasteiger partial charge is 0.187 e. The van der Waals surface area contributed by atoms with Crippen molar-refractivity contribution in [3.63, 3.8) is 0 Å². The number of hydrogen-bond donors (Lipinski definition) is 0. The van der Waals surface area contributed by atoms with Gasteiger partial charge in [0.15, 0.2) is 17.4 Å². The topological polar surface area (TPSA) is 0 Å². The van der Waals surface area contributed by atoms with Crippen molar-refractivity contribution in [1.29, 1.82) is 0 Å². The first-order valence-electron chi connectivity index (χ1n) is 0. The summed E-state index contributed by atoms with van der Waals surface area (Å²) in [6.45, 7) is 0. The molecule has 0 heterocycles. The van der Waals surface area contributed by atoms with Gasteiger partial charge in [0, 0.05) is 38.8 Å². The van der Waals surface area contributed by atoms with Gasteiger partial charge in [-0.15, -0.1) is 0 Å². The molecule has 1 unspecified atom stereocenters. The average molecular weight is 175 g/mol. The summed E-state index contributed by atoms with van der Waals surface area (Å²) in [5, 5.41) is 0. The Morgan fingerprint density at radius 3 is 1.00 bits per heavy atom. The summed E-state index contributed by atoms with van der Waals surface area (Å²) >= 11 is 0. The minimum absolute atomic E-state index is 0. The van der Waals surface area contributed by atoms with E-state index in [4.69, 9.17) is 0 Å². The molecule has 0 spiro atoms.